The summed E-state index contributed by atoms with van der Waals surface area (Å²) < 4.78 is 7.70. The molecule has 2 spiro atoms. The Bertz CT molecular complexity index is 1070. The Kier molecular flexibility index (Phi) is 6.90. The number of ether oxygens (including phenoxy) is 1. The van der Waals surface area contributed by atoms with Gasteiger partial charge < -0.3 is 20.7 Å². The number of hydrogen-bond acceptors (Lipinski definition) is 5. The molecular weight excluding hydrogens is 442 g/mol. The first kappa shape index (κ1) is 23.6. The summed E-state index contributed by atoms with van der Waals surface area (Å²) in [6.45, 7) is 2.49. The van der Waals surface area contributed by atoms with Gasteiger partial charge in [0.1, 0.15) is 6.61 Å². The maximum absolute atomic E-state index is 13.5. The highest BCUT2D eigenvalue weighted by atomic mass is 16.5. The summed E-state index contributed by atoms with van der Waals surface area (Å²) in [4.78, 5) is 27.0. The minimum Gasteiger partial charge on any atom is -0.485 e. The molecule has 3 heterocycles. The maximum atomic E-state index is 13.5. The number of nitrogens with zero attached hydrogens (tertiary/aromatic N) is 2. The Hall–Kier alpha value is -3.13. The third-order valence-corrected chi connectivity index (χ3v) is 7.78. The molecule has 8 nitrogen and oxygen atoms in total. The highest BCUT2D eigenvalue weighted by Gasteiger charge is 2.42. The standard InChI is InChI=1S/C27H35N5O3/c33-24-23-22(19-32(31-23)21-9-3-1-4-10-21)35-18-8-2-5-11-26(14-16-28-17-15-26)25(34)29-20-27(30-24)12-6-7-13-27/h1-4,8-10,19,28H,5-7,11-18,20H2,(H,29,34)(H,30,33)/b8-2+. The predicted octanol–water partition coefficient (Wildman–Crippen LogP) is 3.13. The molecule has 1 saturated heterocycles. The monoisotopic (exact) mass is 477 g/mol. The molecule has 1 saturated carbocycles. The molecule has 186 valence electrons. The largest absolute Gasteiger partial charge is 0.485 e. The van der Waals surface area contributed by atoms with E-state index in [1.54, 1.807) is 10.9 Å². The minimum absolute atomic E-state index is 0.119. The molecule has 3 aliphatic rings. The number of benzene rings is 1. The Morgan fingerprint density at radius 1 is 0.943 bits per heavy atom. The highest BCUT2D eigenvalue weighted by Crippen LogP contribution is 2.36. The van der Waals surface area contributed by atoms with Crippen LogP contribution in [-0.2, 0) is 4.79 Å². The maximum Gasteiger partial charge on any atom is 0.276 e. The van der Waals surface area contributed by atoms with Crippen molar-refractivity contribution >= 4 is 11.8 Å². The zero-order chi connectivity index (χ0) is 24.1. The second-order valence-electron chi connectivity index (χ2n) is 10.1. The zero-order valence-electron chi connectivity index (χ0n) is 20.2. The van der Waals surface area contributed by atoms with Crippen LogP contribution in [0.2, 0.25) is 0 Å². The number of nitrogens with one attached hydrogen (secondary N) is 3. The molecule has 35 heavy (non-hydrogen) atoms. The van der Waals surface area contributed by atoms with E-state index in [-0.39, 0.29) is 22.9 Å². The van der Waals surface area contributed by atoms with Gasteiger partial charge in [0.15, 0.2) is 11.4 Å². The van der Waals surface area contributed by atoms with Crippen molar-refractivity contribution in [2.75, 3.05) is 26.2 Å². The highest BCUT2D eigenvalue weighted by molar-refractivity contribution is 5.95. The summed E-state index contributed by atoms with van der Waals surface area (Å²) in [5.74, 6) is 0.312. The summed E-state index contributed by atoms with van der Waals surface area (Å²) in [5.41, 5.74) is 0.299. The van der Waals surface area contributed by atoms with Gasteiger partial charge in [-0.2, -0.15) is 5.10 Å². The molecule has 2 aromatic rings. The molecule has 1 aliphatic carbocycles. The molecule has 5 rings (SSSR count). The zero-order valence-corrected chi connectivity index (χ0v) is 20.2. The predicted molar refractivity (Wildman–Crippen MR) is 134 cm³/mol. The average Bonchev–Trinajstić information content (AvgIpc) is 3.53. The molecule has 0 radical (unpaired) electrons. The second kappa shape index (κ2) is 10.2. The fourth-order valence-corrected chi connectivity index (χ4v) is 5.65. The van der Waals surface area contributed by atoms with E-state index in [2.05, 4.69) is 27.1 Å². The third-order valence-electron chi connectivity index (χ3n) is 7.78. The van der Waals surface area contributed by atoms with Gasteiger partial charge in [-0.1, -0.05) is 43.2 Å². The number of piperidine rings is 1. The number of hydrogen-bond donors (Lipinski definition) is 3. The topological polar surface area (TPSA) is 97.3 Å². The van der Waals surface area contributed by atoms with Crippen LogP contribution in [0.25, 0.3) is 5.69 Å². The molecule has 1 aromatic heterocycles. The lowest BCUT2D eigenvalue weighted by Gasteiger charge is -2.38. The smallest absolute Gasteiger partial charge is 0.276 e. The van der Waals surface area contributed by atoms with Gasteiger partial charge in [0.05, 0.1) is 22.8 Å². The van der Waals surface area contributed by atoms with Crippen molar-refractivity contribution in [3.63, 3.8) is 0 Å². The Morgan fingerprint density at radius 3 is 2.49 bits per heavy atom. The molecule has 2 fully saturated rings. The lowest BCUT2D eigenvalue weighted by atomic mass is 9.74. The Morgan fingerprint density at radius 2 is 1.71 bits per heavy atom. The summed E-state index contributed by atoms with van der Waals surface area (Å²) in [6.07, 6.45) is 12.8. The van der Waals surface area contributed by atoms with Crippen LogP contribution in [0.1, 0.15) is 61.9 Å². The molecular formula is C27H35N5O3. The molecule has 0 unspecified atom stereocenters. The van der Waals surface area contributed by atoms with Gasteiger partial charge in [-0.25, -0.2) is 4.68 Å². The molecule has 8 heteroatoms. The quantitative estimate of drug-likeness (QED) is 0.549. The fraction of sp³-hybridized carbons (Fsp3) is 0.519. The number of rotatable bonds is 1. The van der Waals surface area contributed by atoms with E-state index in [1.807, 2.05) is 36.4 Å². The van der Waals surface area contributed by atoms with E-state index in [0.717, 1.165) is 70.1 Å². The lowest BCUT2D eigenvalue weighted by molar-refractivity contribution is -0.133. The summed E-state index contributed by atoms with van der Waals surface area (Å²) in [7, 11) is 0. The third kappa shape index (κ3) is 5.12. The van der Waals surface area contributed by atoms with Crippen molar-refractivity contribution in [2.24, 2.45) is 5.41 Å². The SMILES string of the molecule is O=C1NC2(CCCC2)CNC(=O)C2(CC/C=C/COc3cn(-c4ccccc4)nc31)CCNCC2. The van der Waals surface area contributed by atoms with Gasteiger partial charge in [0.2, 0.25) is 5.91 Å². The van der Waals surface area contributed by atoms with Crippen LogP contribution in [0.5, 0.6) is 5.75 Å². The van der Waals surface area contributed by atoms with Crippen molar-refractivity contribution in [1.82, 2.24) is 25.7 Å². The number of para-hydroxylation sites is 1. The fourth-order valence-electron chi connectivity index (χ4n) is 5.65. The molecule has 3 N–H and O–H groups in total. The van der Waals surface area contributed by atoms with E-state index in [9.17, 15) is 9.59 Å². The van der Waals surface area contributed by atoms with E-state index in [1.165, 1.54) is 0 Å². The summed E-state index contributed by atoms with van der Waals surface area (Å²) >= 11 is 0. The van der Waals surface area contributed by atoms with Crippen LogP contribution in [0.15, 0.2) is 48.7 Å². The number of aromatic nitrogens is 2. The van der Waals surface area contributed by atoms with Crippen molar-refractivity contribution in [2.45, 2.75) is 56.9 Å². The molecule has 1 aromatic carbocycles. The summed E-state index contributed by atoms with van der Waals surface area (Å²) in [6, 6.07) is 9.69. The van der Waals surface area contributed by atoms with Crippen LogP contribution >= 0.6 is 0 Å². The number of amides is 2. The molecule has 2 aliphatic heterocycles. The van der Waals surface area contributed by atoms with Crippen molar-refractivity contribution in [3.8, 4) is 11.4 Å². The first-order valence-corrected chi connectivity index (χ1v) is 12.8. The van der Waals surface area contributed by atoms with Crippen LogP contribution in [0.4, 0.5) is 0 Å². The van der Waals surface area contributed by atoms with Gasteiger partial charge in [0, 0.05) is 6.54 Å². The van der Waals surface area contributed by atoms with Crippen molar-refractivity contribution < 1.29 is 14.3 Å². The van der Waals surface area contributed by atoms with Gasteiger partial charge in [-0.05, 0) is 63.7 Å². The van der Waals surface area contributed by atoms with Gasteiger partial charge in [-0.3, -0.25) is 9.59 Å². The van der Waals surface area contributed by atoms with Crippen LogP contribution in [0, 0.1) is 5.41 Å². The Labute approximate surface area is 206 Å². The van der Waals surface area contributed by atoms with E-state index >= 15 is 0 Å². The normalized spacial score (nSPS) is 23.4. The average molecular weight is 478 g/mol. The van der Waals surface area contributed by atoms with E-state index < -0.39 is 5.54 Å². The Balaban J connectivity index is 1.44. The van der Waals surface area contributed by atoms with Crippen LogP contribution < -0.4 is 20.7 Å². The van der Waals surface area contributed by atoms with Crippen LogP contribution in [-0.4, -0.2) is 53.4 Å². The minimum atomic E-state index is -0.465. The van der Waals surface area contributed by atoms with Gasteiger partial charge in [0.25, 0.3) is 5.91 Å². The summed E-state index contributed by atoms with van der Waals surface area (Å²) in [5, 5.41) is 14.5. The molecule has 0 bridgehead atoms. The lowest BCUT2D eigenvalue weighted by Crippen LogP contribution is -2.56. The number of carbonyl (C=O) groups excluding carboxylic acids is 2. The van der Waals surface area contributed by atoms with Crippen molar-refractivity contribution in [3.05, 3.63) is 54.4 Å². The van der Waals surface area contributed by atoms with E-state index in [4.69, 9.17) is 4.74 Å². The van der Waals surface area contributed by atoms with Crippen molar-refractivity contribution in [1.29, 1.82) is 0 Å². The number of allylic oxidation sites excluding steroid dienone is 1. The molecule has 2 amide bonds. The number of carbonyl (C=O) groups is 2. The first-order chi connectivity index (χ1) is 17.1. The van der Waals surface area contributed by atoms with Crippen LogP contribution in [0.3, 0.4) is 0 Å². The second-order valence-corrected chi connectivity index (χ2v) is 10.1. The van der Waals surface area contributed by atoms with Gasteiger partial charge in [-0.15, -0.1) is 0 Å². The number of fused-ring (bicyclic) bond motifs is 1. The van der Waals surface area contributed by atoms with E-state index in [0.29, 0.717) is 18.9 Å². The van der Waals surface area contributed by atoms with Gasteiger partial charge >= 0.3 is 0 Å². The molecule has 0 atom stereocenters. The first-order valence-electron chi connectivity index (χ1n) is 12.8.